The van der Waals surface area contributed by atoms with Crippen molar-refractivity contribution in [1.82, 2.24) is 5.32 Å². The van der Waals surface area contributed by atoms with Crippen LogP contribution < -0.4 is 24.3 Å². The topological polar surface area (TPSA) is 89.8 Å². The highest BCUT2D eigenvalue weighted by atomic mass is 16.5. The minimum Gasteiger partial charge on any atom is -0.493 e. The number of benzene rings is 2. The van der Waals surface area contributed by atoms with Gasteiger partial charge < -0.3 is 24.3 Å². The Morgan fingerprint density at radius 3 is 2.35 bits per heavy atom. The fourth-order valence-electron chi connectivity index (χ4n) is 2.80. The number of nitrogens with zero attached hydrogens (tertiary/aromatic N) is 1. The zero-order chi connectivity index (χ0) is 22.8. The number of carbonyl (C=O) groups is 1. The van der Waals surface area contributed by atoms with E-state index in [0.29, 0.717) is 47.7 Å². The van der Waals surface area contributed by atoms with Crippen molar-refractivity contribution in [3.05, 3.63) is 47.5 Å². The Bertz CT molecular complexity index is 921. The maximum atomic E-state index is 12.4. The average molecular weight is 427 g/mol. The molecule has 0 aliphatic heterocycles. The van der Waals surface area contributed by atoms with E-state index in [1.165, 1.54) is 0 Å². The van der Waals surface area contributed by atoms with E-state index in [0.717, 1.165) is 5.56 Å². The molecular weight excluding hydrogens is 396 g/mol. The molecule has 2 rings (SSSR count). The zero-order valence-corrected chi connectivity index (χ0v) is 18.7. The lowest BCUT2D eigenvalue weighted by atomic mass is 10.1. The molecule has 0 heterocycles. The van der Waals surface area contributed by atoms with E-state index in [-0.39, 0.29) is 18.6 Å². The van der Waals surface area contributed by atoms with E-state index in [9.17, 15) is 4.79 Å². The van der Waals surface area contributed by atoms with Crippen molar-refractivity contribution in [3.8, 4) is 29.1 Å². The fraction of sp³-hybridized carbons (Fsp3) is 0.417. The van der Waals surface area contributed by atoms with Gasteiger partial charge in [-0.1, -0.05) is 19.9 Å². The van der Waals surface area contributed by atoms with Gasteiger partial charge in [0.1, 0.15) is 0 Å². The summed E-state index contributed by atoms with van der Waals surface area (Å²) in [5.74, 6) is 2.27. The van der Waals surface area contributed by atoms with Gasteiger partial charge in [-0.25, -0.2) is 0 Å². The molecule has 7 nitrogen and oxygen atoms in total. The first kappa shape index (κ1) is 23.9. The van der Waals surface area contributed by atoms with E-state index in [1.54, 1.807) is 25.3 Å². The predicted octanol–water partition coefficient (Wildman–Crippen LogP) is 4.26. The van der Waals surface area contributed by atoms with Gasteiger partial charge in [-0.2, -0.15) is 5.26 Å². The number of carbonyl (C=O) groups excluding carboxylic acids is 1. The molecule has 1 N–H and O–H groups in total. The van der Waals surface area contributed by atoms with E-state index in [1.807, 2.05) is 32.0 Å². The summed E-state index contributed by atoms with van der Waals surface area (Å²) in [7, 11) is 1.59. The van der Waals surface area contributed by atoms with Crippen LogP contribution in [-0.2, 0) is 4.79 Å². The molecule has 0 aliphatic carbocycles. The van der Waals surface area contributed by atoms with Gasteiger partial charge in [-0.15, -0.1) is 0 Å². The molecule has 2 aromatic rings. The Morgan fingerprint density at radius 2 is 1.71 bits per heavy atom. The van der Waals surface area contributed by atoms with Crippen LogP contribution >= 0.6 is 0 Å². The Balaban J connectivity index is 1.99. The maximum Gasteiger partial charge on any atom is 0.258 e. The zero-order valence-electron chi connectivity index (χ0n) is 18.7. The number of hydrogen-bond donors (Lipinski definition) is 1. The largest absolute Gasteiger partial charge is 0.493 e. The van der Waals surface area contributed by atoms with Crippen molar-refractivity contribution in [2.75, 3.05) is 26.9 Å². The lowest BCUT2D eigenvalue weighted by Crippen LogP contribution is -2.31. The molecular formula is C24H30N2O5. The van der Waals surface area contributed by atoms with Gasteiger partial charge in [0.25, 0.3) is 5.91 Å². The van der Waals surface area contributed by atoms with Crippen LogP contribution in [0.4, 0.5) is 0 Å². The molecule has 1 amide bonds. The van der Waals surface area contributed by atoms with Crippen LogP contribution in [0, 0.1) is 17.2 Å². The van der Waals surface area contributed by atoms with Crippen LogP contribution in [0.25, 0.3) is 0 Å². The Kier molecular flexibility index (Phi) is 9.01. The highest BCUT2D eigenvalue weighted by molar-refractivity contribution is 5.78. The number of nitriles is 1. The van der Waals surface area contributed by atoms with Gasteiger partial charge in [0.05, 0.1) is 38.0 Å². The maximum absolute atomic E-state index is 12.4. The van der Waals surface area contributed by atoms with Crippen molar-refractivity contribution in [1.29, 1.82) is 5.26 Å². The van der Waals surface area contributed by atoms with E-state index in [4.69, 9.17) is 24.2 Å². The van der Waals surface area contributed by atoms with Crippen molar-refractivity contribution in [3.63, 3.8) is 0 Å². The number of rotatable bonds is 11. The molecule has 7 heteroatoms. The first-order chi connectivity index (χ1) is 14.9. The molecule has 166 valence electrons. The summed E-state index contributed by atoms with van der Waals surface area (Å²) in [6, 6.07) is 12.2. The van der Waals surface area contributed by atoms with Gasteiger partial charge >= 0.3 is 0 Å². The standard InChI is InChI=1S/C24H30N2O5/c1-6-29-23-11-18(13-25)7-9-21(23)31-15-24(27)26-17(4)19-8-10-20(22(12-19)28-5)30-14-16(2)3/h7-12,16-17H,6,14-15H2,1-5H3,(H,26,27). The lowest BCUT2D eigenvalue weighted by Gasteiger charge is -2.18. The molecule has 0 saturated heterocycles. The second kappa shape index (κ2) is 11.7. The first-order valence-corrected chi connectivity index (χ1v) is 10.3. The summed E-state index contributed by atoms with van der Waals surface area (Å²) in [6.07, 6.45) is 0. The summed E-state index contributed by atoms with van der Waals surface area (Å²) >= 11 is 0. The molecule has 0 saturated carbocycles. The smallest absolute Gasteiger partial charge is 0.258 e. The summed E-state index contributed by atoms with van der Waals surface area (Å²) < 4.78 is 22.3. The lowest BCUT2D eigenvalue weighted by molar-refractivity contribution is -0.123. The number of ether oxygens (including phenoxy) is 4. The Morgan fingerprint density at radius 1 is 1.00 bits per heavy atom. The Hall–Kier alpha value is -3.40. The number of amides is 1. The highest BCUT2D eigenvalue weighted by Crippen LogP contribution is 2.31. The summed E-state index contributed by atoms with van der Waals surface area (Å²) in [6.45, 7) is 8.72. The van der Waals surface area contributed by atoms with Gasteiger partial charge in [0.2, 0.25) is 0 Å². The number of methoxy groups -OCH3 is 1. The monoisotopic (exact) mass is 426 g/mol. The van der Waals surface area contributed by atoms with Crippen LogP contribution in [0.5, 0.6) is 23.0 Å². The Labute approximate surface area is 183 Å². The van der Waals surface area contributed by atoms with Crippen molar-refractivity contribution >= 4 is 5.91 Å². The van der Waals surface area contributed by atoms with Crippen molar-refractivity contribution in [2.24, 2.45) is 5.92 Å². The third kappa shape index (κ3) is 7.10. The molecule has 0 aliphatic rings. The molecule has 1 unspecified atom stereocenters. The van der Waals surface area contributed by atoms with Crippen molar-refractivity contribution < 1.29 is 23.7 Å². The van der Waals surface area contributed by atoms with Crippen LogP contribution in [0.1, 0.15) is 44.9 Å². The first-order valence-electron chi connectivity index (χ1n) is 10.3. The van der Waals surface area contributed by atoms with E-state index < -0.39 is 0 Å². The van der Waals surface area contributed by atoms with Crippen LogP contribution in [-0.4, -0.2) is 32.8 Å². The van der Waals surface area contributed by atoms with Gasteiger partial charge in [0, 0.05) is 6.07 Å². The van der Waals surface area contributed by atoms with Crippen LogP contribution in [0.3, 0.4) is 0 Å². The van der Waals surface area contributed by atoms with Gasteiger partial charge in [0.15, 0.2) is 29.6 Å². The normalized spacial score (nSPS) is 11.4. The van der Waals surface area contributed by atoms with Crippen LogP contribution in [0.2, 0.25) is 0 Å². The molecule has 2 aromatic carbocycles. The number of hydrogen-bond acceptors (Lipinski definition) is 6. The van der Waals surface area contributed by atoms with Gasteiger partial charge in [-0.3, -0.25) is 4.79 Å². The molecule has 0 aromatic heterocycles. The third-order valence-electron chi connectivity index (χ3n) is 4.37. The van der Waals surface area contributed by atoms with Crippen molar-refractivity contribution in [2.45, 2.75) is 33.7 Å². The van der Waals surface area contributed by atoms with Crippen LogP contribution in [0.15, 0.2) is 36.4 Å². The molecule has 31 heavy (non-hydrogen) atoms. The molecule has 0 bridgehead atoms. The highest BCUT2D eigenvalue weighted by Gasteiger charge is 2.15. The fourth-order valence-corrected chi connectivity index (χ4v) is 2.80. The van der Waals surface area contributed by atoms with Gasteiger partial charge in [-0.05, 0) is 49.6 Å². The van der Waals surface area contributed by atoms with E-state index >= 15 is 0 Å². The molecule has 0 radical (unpaired) electrons. The second-order valence-corrected chi connectivity index (χ2v) is 7.40. The summed E-state index contributed by atoms with van der Waals surface area (Å²) in [5.41, 5.74) is 1.35. The average Bonchev–Trinajstić information content (AvgIpc) is 2.76. The molecule has 1 atom stereocenters. The summed E-state index contributed by atoms with van der Waals surface area (Å²) in [4.78, 5) is 12.4. The molecule has 0 fully saturated rings. The predicted molar refractivity (Wildman–Crippen MR) is 118 cm³/mol. The second-order valence-electron chi connectivity index (χ2n) is 7.40. The quantitative estimate of drug-likeness (QED) is 0.578. The number of nitrogens with one attached hydrogen (secondary N) is 1. The minimum atomic E-state index is -0.279. The minimum absolute atomic E-state index is 0.178. The molecule has 0 spiro atoms. The van der Waals surface area contributed by atoms with E-state index in [2.05, 4.69) is 25.2 Å². The SMILES string of the molecule is CCOc1cc(C#N)ccc1OCC(=O)NC(C)c1ccc(OCC(C)C)c(OC)c1. The third-order valence-corrected chi connectivity index (χ3v) is 4.37. The summed E-state index contributed by atoms with van der Waals surface area (Å²) in [5, 5.41) is 11.9.